The third-order valence-corrected chi connectivity index (χ3v) is 11.0. The number of fused-ring (bicyclic) bond motifs is 6. The van der Waals surface area contributed by atoms with E-state index in [4.69, 9.17) is 15.0 Å². The summed E-state index contributed by atoms with van der Waals surface area (Å²) in [6, 6.07) is 69.3. The first-order valence-corrected chi connectivity index (χ1v) is 19.3. The van der Waals surface area contributed by atoms with Crippen LogP contribution in [0.1, 0.15) is 5.56 Å². The van der Waals surface area contributed by atoms with Gasteiger partial charge in [0.1, 0.15) is 0 Å². The molecule has 3 aromatic heterocycles. The molecule has 11 aromatic rings. The lowest BCUT2D eigenvalue weighted by Gasteiger charge is -2.12. The quantitative estimate of drug-likeness (QED) is 0.170. The molecule has 6 nitrogen and oxygen atoms in total. The second-order valence-electron chi connectivity index (χ2n) is 14.4. The second-order valence-corrected chi connectivity index (χ2v) is 14.4. The van der Waals surface area contributed by atoms with Crippen molar-refractivity contribution in [2.75, 3.05) is 0 Å². The average Bonchev–Trinajstić information content (AvgIpc) is 3.81. The van der Waals surface area contributed by atoms with Crippen LogP contribution in [0.25, 0.3) is 100 Å². The van der Waals surface area contributed by atoms with Crippen LogP contribution in [0.2, 0.25) is 0 Å². The van der Waals surface area contributed by atoms with Crippen molar-refractivity contribution in [1.82, 2.24) is 24.1 Å². The van der Waals surface area contributed by atoms with E-state index in [2.05, 4.69) is 130 Å². The van der Waals surface area contributed by atoms with Crippen LogP contribution in [0.5, 0.6) is 0 Å². The Morgan fingerprint density at radius 3 is 1.53 bits per heavy atom. The number of benzene rings is 8. The SMILES string of the molecule is N#Cc1ccc2c(c1)c1cc(-c3ccc4c5ccccc5n(-c5ccccc5)c4c3)ccc1n2-c1cccc(-c2nc(-c3ccccc3)nc(-c3ccccc3)n2)c1. The van der Waals surface area contributed by atoms with Gasteiger partial charge in [-0.3, -0.25) is 0 Å². The molecule has 0 unspecified atom stereocenters. The highest BCUT2D eigenvalue weighted by Gasteiger charge is 2.18. The highest BCUT2D eigenvalue weighted by molar-refractivity contribution is 6.12. The van der Waals surface area contributed by atoms with Gasteiger partial charge in [-0.25, -0.2) is 15.0 Å². The summed E-state index contributed by atoms with van der Waals surface area (Å²) in [5.74, 6) is 1.82. The Hall–Kier alpha value is -8.14. The summed E-state index contributed by atoms with van der Waals surface area (Å²) in [5, 5.41) is 14.5. The summed E-state index contributed by atoms with van der Waals surface area (Å²) in [5.41, 5.74) is 12.0. The van der Waals surface area contributed by atoms with E-state index in [9.17, 15) is 5.26 Å². The molecule has 0 saturated heterocycles. The molecule has 0 spiro atoms. The third kappa shape index (κ3) is 5.53. The van der Waals surface area contributed by atoms with Gasteiger partial charge in [0.05, 0.1) is 33.7 Å². The molecule has 0 radical (unpaired) electrons. The van der Waals surface area contributed by atoms with Gasteiger partial charge in [-0.2, -0.15) is 5.26 Å². The summed E-state index contributed by atoms with van der Waals surface area (Å²) < 4.78 is 4.62. The highest BCUT2D eigenvalue weighted by Crippen LogP contribution is 2.39. The van der Waals surface area contributed by atoms with Crippen LogP contribution in [0.3, 0.4) is 0 Å². The zero-order valence-corrected chi connectivity index (χ0v) is 31.2. The van der Waals surface area contributed by atoms with Crippen molar-refractivity contribution in [2.24, 2.45) is 0 Å². The predicted octanol–water partition coefficient (Wildman–Crippen LogP) is 12.6. The Balaban J connectivity index is 1.08. The predicted molar refractivity (Wildman–Crippen MR) is 235 cm³/mol. The van der Waals surface area contributed by atoms with Crippen molar-refractivity contribution >= 4 is 43.6 Å². The number of rotatable bonds is 6. The van der Waals surface area contributed by atoms with Gasteiger partial charge in [0, 0.05) is 49.6 Å². The minimum Gasteiger partial charge on any atom is -0.309 e. The molecule has 0 atom stereocenters. The summed E-state index contributed by atoms with van der Waals surface area (Å²) in [6.07, 6.45) is 0. The van der Waals surface area contributed by atoms with E-state index in [-0.39, 0.29) is 0 Å². The van der Waals surface area contributed by atoms with Crippen molar-refractivity contribution in [3.63, 3.8) is 0 Å². The van der Waals surface area contributed by atoms with Gasteiger partial charge in [-0.05, 0) is 77.9 Å². The van der Waals surface area contributed by atoms with Crippen molar-refractivity contribution in [2.45, 2.75) is 0 Å². The third-order valence-electron chi connectivity index (χ3n) is 11.0. The zero-order chi connectivity index (χ0) is 38.6. The fourth-order valence-corrected chi connectivity index (χ4v) is 8.28. The van der Waals surface area contributed by atoms with Gasteiger partial charge in [-0.15, -0.1) is 0 Å². The first kappa shape index (κ1) is 33.2. The van der Waals surface area contributed by atoms with E-state index in [0.717, 1.165) is 66.5 Å². The van der Waals surface area contributed by atoms with E-state index in [1.807, 2.05) is 78.9 Å². The maximum absolute atomic E-state index is 10.00. The van der Waals surface area contributed by atoms with Crippen LogP contribution in [0.4, 0.5) is 0 Å². The fraction of sp³-hybridized carbons (Fsp3) is 0. The summed E-state index contributed by atoms with van der Waals surface area (Å²) in [6.45, 7) is 0. The van der Waals surface area contributed by atoms with Crippen molar-refractivity contribution in [3.05, 3.63) is 200 Å². The minimum atomic E-state index is 0.590. The van der Waals surface area contributed by atoms with Gasteiger partial charge >= 0.3 is 0 Å². The van der Waals surface area contributed by atoms with E-state index >= 15 is 0 Å². The van der Waals surface area contributed by atoms with Gasteiger partial charge in [0.2, 0.25) is 0 Å². The summed E-state index contributed by atoms with van der Waals surface area (Å²) in [7, 11) is 0. The lowest BCUT2D eigenvalue weighted by Crippen LogP contribution is -2.01. The molecular formula is C52H32N6. The monoisotopic (exact) mass is 740 g/mol. The smallest absolute Gasteiger partial charge is 0.164 e. The van der Waals surface area contributed by atoms with Crippen molar-refractivity contribution < 1.29 is 0 Å². The number of aromatic nitrogens is 5. The molecule has 11 rings (SSSR count). The largest absolute Gasteiger partial charge is 0.309 e. The topological polar surface area (TPSA) is 72.3 Å². The Labute approximate surface area is 334 Å². The first-order chi connectivity index (χ1) is 28.7. The molecule has 0 aliphatic heterocycles. The van der Waals surface area contributed by atoms with Crippen LogP contribution in [0.15, 0.2) is 194 Å². The molecule has 6 heteroatoms. The molecule has 58 heavy (non-hydrogen) atoms. The van der Waals surface area contributed by atoms with Crippen LogP contribution in [-0.4, -0.2) is 24.1 Å². The minimum absolute atomic E-state index is 0.590. The molecule has 0 N–H and O–H groups in total. The van der Waals surface area contributed by atoms with E-state index in [1.165, 1.54) is 16.3 Å². The molecule has 0 saturated carbocycles. The van der Waals surface area contributed by atoms with E-state index in [0.29, 0.717) is 23.0 Å². The second kappa shape index (κ2) is 13.6. The number of para-hydroxylation sites is 2. The van der Waals surface area contributed by atoms with Crippen molar-refractivity contribution in [1.29, 1.82) is 5.26 Å². The molecule has 3 heterocycles. The van der Waals surface area contributed by atoms with Gasteiger partial charge in [0.15, 0.2) is 17.5 Å². The summed E-state index contributed by atoms with van der Waals surface area (Å²) >= 11 is 0. The maximum atomic E-state index is 10.00. The van der Waals surface area contributed by atoms with Gasteiger partial charge < -0.3 is 9.13 Å². The van der Waals surface area contributed by atoms with Crippen LogP contribution in [0, 0.1) is 11.3 Å². The molecule has 0 fully saturated rings. The van der Waals surface area contributed by atoms with Crippen molar-refractivity contribution in [3.8, 4) is 62.7 Å². The zero-order valence-electron chi connectivity index (χ0n) is 31.2. The maximum Gasteiger partial charge on any atom is 0.164 e. The van der Waals surface area contributed by atoms with E-state index < -0.39 is 0 Å². The Kier molecular flexibility index (Phi) is 7.76. The Bertz CT molecular complexity index is 3340. The molecule has 0 bridgehead atoms. The normalized spacial score (nSPS) is 11.4. The molecular weight excluding hydrogens is 709 g/mol. The van der Waals surface area contributed by atoms with Crippen LogP contribution >= 0.6 is 0 Å². The number of hydrogen-bond acceptors (Lipinski definition) is 4. The average molecular weight is 741 g/mol. The lowest BCUT2D eigenvalue weighted by atomic mass is 10.0. The highest BCUT2D eigenvalue weighted by atomic mass is 15.0. The van der Waals surface area contributed by atoms with Gasteiger partial charge in [0.25, 0.3) is 0 Å². The van der Waals surface area contributed by atoms with Crippen LogP contribution < -0.4 is 0 Å². The van der Waals surface area contributed by atoms with Crippen LogP contribution in [-0.2, 0) is 0 Å². The van der Waals surface area contributed by atoms with Gasteiger partial charge in [-0.1, -0.05) is 127 Å². The molecule has 8 aromatic carbocycles. The Morgan fingerprint density at radius 1 is 0.328 bits per heavy atom. The molecule has 0 aliphatic rings. The Morgan fingerprint density at radius 2 is 0.828 bits per heavy atom. The number of hydrogen-bond donors (Lipinski definition) is 0. The molecule has 0 aliphatic carbocycles. The molecule has 270 valence electrons. The standard InChI is InChI=1S/C52H32N6/c53-33-34-23-27-47-44(29-34)45-31-37(38-24-26-43-42-21-10-11-22-46(42)57(49(43)32-38)40-18-8-3-9-19-40)25-28-48(45)58(47)41-20-12-17-39(30-41)52-55-50(35-13-4-1-5-14-35)54-51(56-52)36-15-6-2-7-16-36/h1-32H. The number of nitriles is 1. The lowest BCUT2D eigenvalue weighted by molar-refractivity contribution is 1.07. The number of nitrogens with zero attached hydrogens (tertiary/aromatic N) is 6. The first-order valence-electron chi connectivity index (χ1n) is 19.3. The van der Waals surface area contributed by atoms with E-state index in [1.54, 1.807) is 0 Å². The molecule has 0 amide bonds. The fourth-order valence-electron chi connectivity index (χ4n) is 8.28. The summed E-state index contributed by atoms with van der Waals surface area (Å²) in [4.78, 5) is 14.9.